The summed E-state index contributed by atoms with van der Waals surface area (Å²) in [5.74, 6) is 2.16. The topological polar surface area (TPSA) is 47.0 Å². The van der Waals surface area contributed by atoms with Crippen LogP contribution in [0.15, 0.2) is 6.07 Å². The summed E-state index contributed by atoms with van der Waals surface area (Å²) >= 11 is 0. The second-order valence-corrected chi connectivity index (χ2v) is 4.37. The number of hydrogen-bond donors (Lipinski definition) is 1. The molecular formula is C12H19N3O. The van der Waals surface area contributed by atoms with Crippen LogP contribution < -0.4 is 10.1 Å². The Morgan fingerprint density at radius 2 is 2.38 bits per heavy atom. The number of aryl methyl sites for hydroxylation is 1. The molecule has 1 aliphatic heterocycles. The standard InChI is InChI=1S/C12H19N3O/c1-9-14-11(7-12(15-9)16-2)6-10-4-3-5-13-8-10/h7,10,13H,3-6,8H2,1-2H3. The quantitative estimate of drug-likeness (QED) is 0.836. The molecule has 1 N–H and O–H groups in total. The van der Waals surface area contributed by atoms with E-state index in [9.17, 15) is 0 Å². The van der Waals surface area contributed by atoms with Crippen LogP contribution in [0.4, 0.5) is 0 Å². The van der Waals surface area contributed by atoms with Crippen LogP contribution in [0.2, 0.25) is 0 Å². The number of piperidine rings is 1. The lowest BCUT2D eigenvalue weighted by Crippen LogP contribution is -2.31. The number of nitrogens with zero attached hydrogens (tertiary/aromatic N) is 2. The summed E-state index contributed by atoms with van der Waals surface area (Å²) in [5, 5.41) is 3.42. The molecule has 1 aromatic heterocycles. The molecule has 1 saturated heterocycles. The smallest absolute Gasteiger partial charge is 0.216 e. The number of hydrogen-bond acceptors (Lipinski definition) is 4. The first-order valence-electron chi connectivity index (χ1n) is 5.87. The lowest BCUT2D eigenvalue weighted by molar-refractivity contribution is 0.369. The lowest BCUT2D eigenvalue weighted by Gasteiger charge is -2.22. The molecule has 1 aliphatic rings. The molecule has 1 fully saturated rings. The summed E-state index contributed by atoms with van der Waals surface area (Å²) in [7, 11) is 1.65. The molecular weight excluding hydrogens is 202 g/mol. The molecule has 4 heteroatoms. The number of rotatable bonds is 3. The maximum absolute atomic E-state index is 5.16. The summed E-state index contributed by atoms with van der Waals surface area (Å²) in [5.41, 5.74) is 1.10. The third-order valence-electron chi connectivity index (χ3n) is 2.97. The molecule has 0 amide bonds. The fourth-order valence-corrected chi connectivity index (χ4v) is 2.20. The van der Waals surface area contributed by atoms with Gasteiger partial charge in [0.15, 0.2) is 0 Å². The highest BCUT2D eigenvalue weighted by molar-refractivity contribution is 5.16. The normalized spacial score (nSPS) is 20.8. The molecule has 88 valence electrons. The second kappa shape index (κ2) is 5.25. The Bertz CT molecular complexity index is 348. The summed E-state index contributed by atoms with van der Waals surface area (Å²) in [6, 6.07) is 1.95. The summed E-state index contributed by atoms with van der Waals surface area (Å²) in [6.45, 7) is 4.17. The Labute approximate surface area is 96.4 Å². The van der Waals surface area contributed by atoms with Crippen LogP contribution in [0.5, 0.6) is 5.88 Å². The van der Waals surface area contributed by atoms with Gasteiger partial charge in [0.05, 0.1) is 7.11 Å². The van der Waals surface area contributed by atoms with Gasteiger partial charge in [-0.05, 0) is 45.2 Å². The van der Waals surface area contributed by atoms with Crippen molar-refractivity contribution in [3.63, 3.8) is 0 Å². The molecule has 4 nitrogen and oxygen atoms in total. The Balaban J connectivity index is 2.04. The minimum atomic E-state index is 0.672. The second-order valence-electron chi connectivity index (χ2n) is 4.37. The number of aromatic nitrogens is 2. The maximum atomic E-state index is 5.16. The van der Waals surface area contributed by atoms with Crippen molar-refractivity contribution in [2.45, 2.75) is 26.2 Å². The van der Waals surface area contributed by atoms with E-state index in [-0.39, 0.29) is 0 Å². The lowest BCUT2D eigenvalue weighted by atomic mass is 9.94. The van der Waals surface area contributed by atoms with E-state index in [1.165, 1.54) is 12.8 Å². The average Bonchev–Trinajstić information content (AvgIpc) is 2.29. The largest absolute Gasteiger partial charge is 0.481 e. The van der Waals surface area contributed by atoms with Crippen LogP contribution in [0.25, 0.3) is 0 Å². The first-order valence-corrected chi connectivity index (χ1v) is 5.87. The van der Waals surface area contributed by atoms with Crippen molar-refractivity contribution in [2.24, 2.45) is 5.92 Å². The Hall–Kier alpha value is -1.16. The van der Waals surface area contributed by atoms with E-state index in [2.05, 4.69) is 15.3 Å². The zero-order valence-electron chi connectivity index (χ0n) is 9.99. The third kappa shape index (κ3) is 2.92. The van der Waals surface area contributed by atoms with Crippen LogP contribution in [0, 0.1) is 12.8 Å². The van der Waals surface area contributed by atoms with E-state index >= 15 is 0 Å². The number of ether oxygens (including phenoxy) is 1. The van der Waals surface area contributed by atoms with E-state index in [0.29, 0.717) is 11.8 Å². The van der Waals surface area contributed by atoms with E-state index in [1.807, 2.05) is 13.0 Å². The summed E-state index contributed by atoms with van der Waals surface area (Å²) in [6.07, 6.45) is 3.58. The van der Waals surface area contributed by atoms with Crippen molar-refractivity contribution < 1.29 is 4.74 Å². The molecule has 0 saturated carbocycles. The van der Waals surface area contributed by atoms with Crippen molar-refractivity contribution in [1.29, 1.82) is 0 Å². The van der Waals surface area contributed by atoms with Crippen molar-refractivity contribution in [2.75, 3.05) is 20.2 Å². The molecule has 0 aliphatic carbocycles. The minimum Gasteiger partial charge on any atom is -0.481 e. The van der Waals surface area contributed by atoms with Gasteiger partial charge < -0.3 is 10.1 Å². The first kappa shape index (κ1) is 11.3. The molecule has 2 rings (SSSR count). The van der Waals surface area contributed by atoms with Gasteiger partial charge in [-0.15, -0.1) is 0 Å². The molecule has 1 atom stereocenters. The first-order chi connectivity index (χ1) is 7.78. The molecule has 16 heavy (non-hydrogen) atoms. The molecule has 1 unspecified atom stereocenters. The van der Waals surface area contributed by atoms with Crippen molar-refractivity contribution >= 4 is 0 Å². The third-order valence-corrected chi connectivity index (χ3v) is 2.97. The van der Waals surface area contributed by atoms with E-state index in [4.69, 9.17) is 4.74 Å². The molecule has 1 aromatic rings. The Morgan fingerprint density at radius 3 is 3.06 bits per heavy atom. The van der Waals surface area contributed by atoms with Gasteiger partial charge in [0.1, 0.15) is 5.82 Å². The predicted octanol–water partition coefficient (Wildman–Crippen LogP) is 1.34. The highest BCUT2D eigenvalue weighted by Gasteiger charge is 2.15. The molecule has 2 heterocycles. The number of methoxy groups -OCH3 is 1. The van der Waals surface area contributed by atoms with Crippen LogP contribution in [-0.2, 0) is 6.42 Å². The summed E-state index contributed by atoms with van der Waals surface area (Å²) in [4.78, 5) is 8.65. The van der Waals surface area contributed by atoms with Crippen molar-refractivity contribution in [1.82, 2.24) is 15.3 Å². The Morgan fingerprint density at radius 1 is 1.50 bits per heavy atom. The van der Waals surface area contributed by atoms with E-state index in [1.54, 1.807) is 7.11 Å². The van der Waals surface area contributed by atoms with Crippen LogP contribution in [0.3, 0.4) is 0 Å². The zero-order valence-corrected chi connectivity index (χ0v) is 9.99. The van der Waals surface area contributed by atoms with Gasteiger partial charge in [-0.3, -0.25) is 0 Å². The fraction of sp³-hybridized carbons (Fsp3) is 0.667. The van der Waals surface area contributed by atoms with Gasteiger partial charge in [-0.1, -0.05) is 0 Å². The molecule has 0 radical (unpaired) electrons. The molecule has 0 aromatic carbocycles. The monoisotopic (exact) mass is 221 g/mol. The molecule has 0 bridgehead atoms. The fourth-order valence-electron chi connectivity index (χ4n) is 2.20. The van der Waals surface area contributed by atoms with Crippen molar-refractivity contribution in [3.8, 4) is 5.88 Å². The van der Waals surface area contributed by atoms with Crippen LogP contribution >= 0.6 is 0 Å². The van der Waals surface area contributed by atoms with Gasteiger partial charge in [0.2, 0.25) is 5.88 Å². The highest BCUT2D eigenvalue weighted by atomic mass is 16.5. The van der Waals surface area contributed by atoms with Gasteiger partial charge in [-0.25, -0.2) is 4.98 Å². The summed E-state index contributed by atoms with van der Waals surface area (Å²) < 4.78 is 5.16. The van der Waals surface area contributed by atoms with Gasteiger partial charge in [-0.2, -0.15) is 4.98 Å². The van der Waals surface area contributed by atoms with E-state index < -0.39 is 0 Å². The van der Waals surface area contributed by atoms with Gasteiger partial charge in [0.25, 0.3) is 0 Å². The number of nitrogens with one attached hydrogen (secondary N) is 1. The van der Waals surface area contributed by atoms with Crippen LogP contribution in [-0.4, -0.2) is 30.2 Å². The molecule has 0 spiro atoms. The van der Waals surface area contributed by atoms with Gasteiger partial charge in [0, 0.05) is 11.8 Å². The van der Waals surface area contributed by atoms with Crippen molar-refractivity contribution in [3.05, 3.63) is 17.6 Å². The zero-order chi connectivity index (χ0) is 11.4. The van der Waals surface area contributed by atoms with Gasteiger partial charge >= 0.3 is 0 Å². The predicted molar refractivity (Wildman–Crippen MR) is 62.6 cm³/mol. The maximum Gasteiger partial charge on any atom is 0.216 e. The SMILES string of the molecule is COc1cc(CC2CCCNC2)nc(C)n1. The van der Waals surface area contributed by atoms with E-state index in [0.717, 1.165) is 31.0 Å². The Kier molecular flexibility index (Phi) is 3.72. The average molecular weight is 221 g/mol. The highest BCUT2D eigenvalue weighted by Crippen LogP contribution is 2.17. The minimum absolute atomic E-state index is 0.672. The van der Waals surface area contributed by atoms with Crippen LogP contribution in [0.1, 0.15) is 24.4 Å².